The number of rotatable bonds is 5. The maximum absolute atomic E-state index is 3.70. The summed E-state index contributed by atoms with van der Waals surface area (Å²) < 4.78 is 0. The molecule has 1 rings (SSSR count). The van der Waals surface area contributed by atoms with Crippen LogP contribution < -0.4 is 5.32 Å². The summed E-state index contributed by atoms with van der Waals surface area (Å²) in [5.41, 5.74) is 0. The van der Waals surface area contributed by atoms with E-state index in [4.69, 9.17) is 0 Å². The molecular formula is C10H19N. The molecule has 1 fully saturated rings. The Morgan fingerprint density at radius 1 is 1.55 bits per heavy atom. The summed E-state index contributed by atoms with van der Waals surface area (Å²) in [5.74, 6) is 0.965. The van der Waals surface area contributed by atoms with Gasteiger partial charge in [0.25, 0.3) is 0 Å². The molecule has 0 aromatic carbocycles. The van der Waals surface area contributed by atoms with E-state index in [2.05, 4.69) is 18.8 Å². The van der Waals surface area contributed by atoms with Crippen LogP contribution in [0, 0.1) is 5.92 Å². The first-order valence-corrected chi connectivity index (χ1v) is 4.67. The lowest BCUT2D eigenvalue weighted by atomic mass is 9.82. The Kier molecular flexibility index (Phi) is 3.64. The van der Waals surface area contributed by atoms with Gasteiger partial charge in [-0.3, -0.25) is 0 Å². The van der Waals surface area contributed by atoms with Crippen molar-refractivity contribution in [3.8, 4) is 0 Å². The van der Waals surface area contributed by atoms with Crippen LogP contribution in [0.3, 0.4) is 0 Å². The van der Waals surface area contributed by atoms with Crippen LogP contribution in [0.1, 0.15) is 32.6 Å². The number of allylic oxidation sites excluding steroid dienone is 1. The number of hydrogen-bond donors (Lipinski definition) is 1. The van der Waals surface area contributed by atoms with Gasteiger partial charge in [-0.05, 0) is 38.1 Å². The minimum Gasteiger partial charge on any atom is -0.314 e. The number of hydrogen-bond acceptors (Lipinski definition) is 1. The summed E-state index contributed by atoms with van der Waals surface area (Å²) in [6.45, 7) is 7.19. The Morgan fingerprint density at radius 3 is 2.82 bits per heavy atom. The van der Waals surface area contributed by atoms with Gasteiger partial charge in [-0.1, -0.05) is 13.0 Å². The largest absolute Gasteiger partial charge is 0.314 e. The zero-order chi connectivity index (χ0) is 8.10. The molecule has 0 aliphatic heterocycles. The van der Waals surface area contributed by atoms with Crippen LogP contribution in [0.15, 0.2) is 12.7 Å². The van der Waals surface area contributed by atoms with Crippen molar-refractivity contribution in [2.45, 2.75) is 38.6 Å². The highest BCUT2D eigenvalue weighted by Crippen LogP contribution is 2.25. The SMILES string of the molecule is C=CCCCNC1CC(C)C1. The van der Waals surface area contributed by atoms with Crippen molar-refractivity contribution in [3.05, 3.63) is 12.7 Å². The predicted molar refractivity (Wildman–Crippen MR) is 49.6 cm³/mol. The highest BCUT2D eigenvalue weighted by molar-refractivity contribution is 4.82. The minimum absolute atomic E-state index is 0.829. The average Bonchev–Trinajstić information content (AvgIpc) is 1.94. The van der Waals surface area contributed by atoms with Crippen molar-refractivity contribution in [3.63, 3.8) is 0 Å². The Labute approximate surface area is 69.9 Å². The maximum Gasteiger partial charge on any atom is 0.00721 e. The lowest BCUT2D eigenvalue weighted by Crippen LogP contribution is -2.40. The molecule has 0 bridgehead atoms. The van der Waals surface area contributed by atoms with Gasteiger partial charge in [0.05, 0.1) is 0 Å². The molecule has 1 aliphatic carbocycles. The summed E-state index contributed by atoms with van der Waals surface area (Å²) in [5, 5.41) is 3.54. The second-order valence-corrected chi connectivity index (χ2v) is 3.66. The molecule has 11 heavy (non-hydrogen) atoms. The molecule has 1 N–H and O–H groups in total. The molecule has 0 aromatic rings. The van der Waals surface area contributed by atoms with Gasteiger partial charge in [0, 0.05) is 6.04 Å². The lowest BCUT2D eigenvalue weighted by molar-refractivity contribution is 0.242. The third-order valence-corrected chi connectivity index (χ3v) is 2.39. The Bertz CT molecular complexity index is 114. The first kappa shape index (κ1) is 8.79. The number of nitrogens with one attached hydrogen (secondary N) is 1. The van der Waals surface area contributed by atoms with Gasteiger partial charge in [0.2, 0.25) is 0 Å². The minimum atomic E-state index is 0.829. The monoisotopic (exact) mass is 153 g/mol. The maximum atomic E-state index is 3.70. The van der Waals surface area contributed by atoms with Crippen LogP contribution in [-0.2, 0) is 0 Å². The summed E-state index contributed by atoms with van der Waals surface area (Å²) in [4.78, 5) is 0. The van der Waals surface area contributed by atoms with Gasteiger partial charge in [-0.15, -0.1) is 6.58 Å². The topological polar surface area (TPSA) is 12.0 Å². The zero-order valence-corrected chi connectivity index (χ0v) is 7.47. The quantitative estimate of drug-likeness (QED) is 0.472. The van der Waals surface area contributed by atoms with Gasteiger partial charge in [-0.2, -0.15) is 0 Å². The van der Waals surface area contributed by atoms with E-state index in [9.17, 15) is 0 Å². The summed E-state index contributed by atoms with van der Waals surface area (Å²) in [6.07, 6.45) is 7.15. The van der Waals surface area contributed by atoms with Gasteiger partial charge in [-0.25, -0.2) is 0 Å². The molecular weight excluding hydrogens is 134 g/mol. The van der Waals surface area contributed by atoms with E-state index in [-0.39, 0.29) is 0 Å². The molecule has 1 saturated carbocycles. The highest BCUT2D eigenvalue weighted by Gasteiger charge is 2.23. The molecule has 0 unspecified atom stereocenters. The first-order chi connectivity index (χ1) is 5.33. The van der Waals surface area contributed by atoms with Gasteiger partial charge in [0.1, 0.15) is 0 Å². The zero-order valence-electron chi connectivity index (χ0n) is 7.47. The molecule has 1 heteroatoms. The average molecular weight is 153 g/mol. The van der Waals surface area contributed by atoms with Crippen molar-refractivity contribution in [2.75, 3.05) is 6.54 Å². The Balaban J connectivity index is 1.84. The van der Waals surface area contributed by atoms with E-state index in [0.29, 0.717) is 0 Å². The van der Waals surface area contributed by atoms with E-state index in [1.54, 1.807) is 0 Å². The predicted octanol–water partition coefficient (Wildman–Crippen LogP) is 2.34. The van der Waals surface area contributed by atoms with Crippen LogP contribution in [0.2, 0.25) is 0 Å². The standard InChI is InChI=1S/C10H19N/c1-3-4-5-6-11-10-7-9(2)8-10/h3,9-11H,1,4-8H2,2H3. The fourth-order valence-corrected chi connectivity index (χ4v) is 1.62. The third-order valence-electron chi connectivity index (χ3n) is 2.39. The van der Waals surface area contributed by atoms with E-state index in [1.165, 1.54) is 25.8 Å². The molecule has 0 spiro atoms. The fraction of sp³-hybridized carbons (Fsp3) is 0.800. The van der Waals surface area contributed by atoms with Crippen molar-refractivity contribution < 1.29 is 0 Å². The first-order valence-electron chi connectivity index (χ1n) is 4.67. The van der Waals surface area contributed by atoms with E-state index >= 15 is 0 Å². The van der Waals surface area contributed by atoms with Gasteiger partial charge >= 0.3 is 0 Å². The summed E-state index contributed by atoms with van der Waals surface area (Å²) in [6, 6.07) is 0.829. The molecule has 0 radical (unpaired) electrons. The van der Waals surface area contributed by atoms with Crippen molar-refractivity contribution in [1.29, 1.82) is 0 Å². The molecule has 0 heterocycles. The van der Waals surface area contributed by atoms with Gasteiger partial charge in [0.15, 0.2) is 0 Å². The van der Waals surface area contributed by atoms with Gasteiger partial charge < -0.3 is 5.32 Å². The van der Waals surface area contributed by atoms with E-state index in [0.717, 1.165) is 18.4 Å². The van der Waals surface area contributed by atoms with Crippen molar-refractivity contribution in [1.82, 2.24) is 5.32 Å². The van der Waals surface area contributed by atoms with E-state index < -0.39 is 0 Å². The second kappa shape index (κ2) is 4.55. The van der Waals surface area contributed by atoms with Crippen LogP contribution in [-0.4, -0.2) is 12.6 Å². The Hall–Kier alpha value is -0.300. The summed E-state index contributed by atoms with van der Waals surface area (Å²) in [7, 11) is 0. The normalized spacial score (nSPS) is 29.5. The second-order valence-electron chi connectivity index (χ2n) is 3.66. The van der Waals surface area contributed by atoms with E-state index in [1.807, 2.05) is 6.08 Å². The molecule has 1 nitrogen and oxygen atoms in total. The molecule has 0 aromatic heterocycles. The van der Waals surface area contributed by atoms with Crippen molar-refractivity contribution >= 4 is 0 Å². The van der Waals surface area contributed by atoms with Crippen LogP contribution in [0.5, 0.6) is 0 Å². The van der Waals surface area contributed by atoms with Crippen molar-refractivity contribution in [2.24, 2.45) is 5.92 Å². The Morgan fingerprint density at radius 2 is 2.27 bits per heavy atom. The molecule has 0 saturated heterocycles. The highest BCUT2D eigenvalue weighted by atomic mass is 14.9. The van der Waals surface area contributed by atoms with Crippen LogP contribution in [0.25, 0.3) is 0 Å². The van der Waals surface area contributed by atoms with Crippen LogP contribution >= 0.6 is 0 Å². The molecule has 1 aliphatic rings. The number of unbranched alkanes of at least 4 members (excludes halogenated alkanes) is 1. The van der Waals surface area contributed by atoms with Crippen LogP contribution in [0.4, 0.5) is 0 Å². The summed E-state index contributed by atoms with van der Waals surface area (Å²) >= 11 is 0. The smallest absolute Gasteiger partial charge is 0.00721 e. The third kappa shape index (κ3) is 3.06. The molecule has 0 amide bonds. The molecule has 0 atom stereocenters. The molecule has 64 valence electrons. The fourth-order valence-electron chi connectivity index (χ4n) is 1.62. The lowest BCUT2D eigenvalue weighted by Gasteiger charge is -2.33.